The predicted octanol–water partition coefficient (Wildman–Crippen LogP) is 1.92. The molecule has 1 atom stereocenters. The number of hydrogen-bond donors (Lipinski definition) is 1. The summed E-state index contributed by atoms with van der Waals surface area (Å²) in [4.78, 5) is 9.56. The maximum atomic E-state index is 12.0. The van der Waals surface area contributed by atoms with Crippen molar-refractivity contribution in [1.29, 1.82) is 0 Å². The van der Waals surface area contributed by atoms with Gasteiger partial charge in [0, 0.05) is 11.4 Å². The number of thiophene rings is 1. The molecule has 72 valence electrons. The number of halogens is 2. The van der Waals surface area contributed by atoms with E-state index in [1.807, 2.05) is 0 Å². The van der Waals surface area contributed by atoms with E-state index in [-0.39, 0.29) is 10.6 Å². The number of nitrogens with zero attached hydrogens (tertiary/aromatic N) is 1. The molecule has 2 N–H and O–H groups in total. The minimum Gasteiger partial charge on any atom is -0.319 e. The summed E-state index contributed by atoms with van der Waals surface area (Å²) in [5.41, 5.74) is 5.19. The smallest absolute Gasteiger partial charge is 0.319 e. The van der Waals surface area contributed by atoms with Gasteiger partial charge in [0.05, 0.1) is 11.0 Å². The Labute approximate surface area is 76.1 Å². The van der Waals surface area contributed by atoms with Gasteiger partial charge in [-0.2, -0.15) is 0 Å². The Balaban J connectivity index is 2.85. The first-order chi connectivity index (χ1) is 6.02. The summed E-state index contributed by atoms with van der Waals surface area (Å²) in [7, 11) is 0. The Morgan fingerprint density at radius 3 is 2.62 bits per heavy atom. The van der Waals surface area contributed by atoms with Gasteiger partial charge in [-0.25, -0.2) is 8.78 Å². The molecule has 0 spiro atoms. The van der Waals surface area contributed by atoms with Crippen molar-refractivity contribution in [3.05, 3.63) is 27.1 Å². The van der Waals surface area contributed by atoms with Crippen LogP contribution in [-0.2, 0) is 0 Å². The van der Waals surface area contributed by atoms with Crippen LogP contribution >= 0.6 is 11.3 Å². The van der Waals surface area contributed by atoms with E-state index in [4.69, 9.17) is 5.73 Å². The second kappa shape index (κ2) is 3.75. The van der Waals surface area contributed by atoms with Crippen LogP contribution in [0.3, 0.4) is 0 Å². The molecular formula is C6H6F2N2O2S. The average molecular weight is 208 g/mol. The lowest BCUT2D eigenvalue weighted by atomic mass is 10.2. The first-order valence-electron chi connectivity index (χ1n) is 3.29. The normalized spacial score (nSPS) is 13.2. The summed E-state index contributed by atoms with van der Waals surface area (Å²) >= 11 is 0.791. The Morgan fingerprint density at radius 1 is 1.62 bits per heavy atom. The van der Waals surface area contributed by atoms with Gasteiger partial charge in [0.15, 0.2) is 0 Å². The summed E-state index contributed by atoms with van der Waals surface area (Å²) in [6.07, 6.45) is -2.70. The summed E-state index contributed by atoms with van der Waals surface area (Å²) in [6, 6.07) is -0.369. The highest BCUT2D eigenvalue weighted by atomic mass is 32.1. The lowest BCUT2D eigenvalue weighted by Crippen LogP contribution is -2.17. The summed E-state index contributed by atoms with van der Waals surface area (Å²) < 4.78 is 24.1. The number of alkyl halides is 2. The Bertz CT molecular complexity index is 315. The number of rotatable bonds is 3. The van der Waals surface area contributed by atoms with Crippen molar-refractivity contribution in [3.8, 4) is 0 Å². The van der Waals surface area contributed by atoms with Crippen molar-refractivity contribution < 1.29 is 13.7 Å². The Kier molecular flexibility index (Phi) is 2.89. The molecule has 1 aromatic rings. The molecule has 7 heteroatoms. The Hall–Kier alpha value is -1.08. The van der Waals surface area contributed by atoms with Gasteiger partial charge in [0.2, 0.25) is 0 Å². The fourth-order valence-corrected chi connectivity index (χ4v) is 1.53. The van der Waals surface area contributed by atoms with E-state index in [9.17, 15) is 18.9 Å². The minimum atomic E-state index is -2.70. The molecule has 1 heterocycles. The maximum Gasteiger partial charge on any atom is 0.324 e. The summed E-state index contributed by atoms with van der Waals surface area (Å²) in [5, 5.41) is 11.3. The monoisotopic (exact) mass is 208 g/mol. The van der Waals surface area contributed by atoms with Gasteiger partial charge in [-0.15, -0.1) is 0 Å². The van der Waals surface area contributed by atoms with Crippen LogP contribution < -0.4 is 5.73 Å². The quantitative estimate of drug-likeness (QED) is 0.609. The van der Waals surface area contributed by atoms with Crippen LogP contribution in [0.5, 0.6) is 0 Å². The van der Waals surface area contributed by atoms with Crippen LogP contribution in [0.25, 0.3) is 0 Å². The third-order valence-corrected chi connectivity index (χ3v) is 2.34. The van der Waals surface area contributed by atoms with E-state index < -0.39 is 17.4 Å². The molecule has 0 saturated heterocycles. The third kappa shape index (κ3) is 2.19. The molecule has 0 aromatic carbocycles. The van der Waals surface area contributed by atoms with Crippen LogP contribution in [0.1, 0.15) is 11.6 Å². The van der Waals surface area contributed by atoms with Gasteiger partial charge in [0.25, 0.3) is 6.43 Å². The molecule has 4 nitrogen and oxygen atoms in total. The predicted molar refractivity (Wildman–Crippen MR) is 43.9 cm³/mol. The van der Waals surface area contributed by atoms with Crippen molar-refractivity contribution >= 4 is 16.3 Å². The molecule has 0 bridgehead atoms. The zero-order chi connectivity index (χ0) is 10.0. The molecule has 13 heavy (non-hydrogen) atoms. The fourth-order valence-electron chi connectivity index (χ4n) is 0.755. The number of hydrogen-bond acceptors (Lipinski definition) is 4. The second-order valence-electron chi connectivity index (χ2n) is 2.34. The zero-order valence-electron chi connectivity index (χ0n) is 6.31. The third-order valence-electron chi connectivity index (χ3n) is 1.44. The molecule has 0 saturated carbocycles. The molecule has 0 aliphatic heterocycles. The van der Waals surface area contributed by atoms with Crippen molar-refractivity contribution in [1.82, 2.24) is 0 Å². The van der Waals surface area contributed by atoms with Crippen LogP contribution in [0.2, 0.25) is 0 Å². The molecular weight excluding hydrogens is 202 g/mol. The van der Waals surface area contributed by atoms with Crippen LogP contribution in [0, 0.1) is 10.1 Å². The number of nitro groups is 1. The van der Waals surface area contributed by atoms with Crippen LogP contribution in [-0.4, -0.2) is 11.3 Å². The van der Waals surface area contributed by atoms with Gasteiger partial charge in [-0.3, -0.25) is 10.1 Å². The minimum absolute atomic E-state index is 0.103. The molecule has 1 aromatic heterocycles. The van der Waals surface area contributed by atoms with Crippen molar-refractivity contribution in [2.24, 2.45) is 5.73 Å². The zero-order valence-corrected chi connectivity index (χ0v) is 7.13. The summed E-state index contributed by atoms with van der Waals surface area (Å²) in [6.45, 7) is 0. The van der Waals surface area contributed by atoms with E-state index >= 15 is 0 Å². The van der Waals surface area contributed by atoms with Gasteiger partial charge in [0.1, 0.15) is 0 Å². The first kappa shape index (κ1) is 10.0. The SMILES string of the molecule is N[C@@H](c1csc([N+](=O)[O-])c1)C(F)F. The molecule has 0 amide bonds. The van der Waals surface area contributed by atoms with E-state index in [0.717, 1.165) is 17.4 Å². The molecule has 0 unspecified atom stereocenters. The molecule has 1 rings (SSSR count). The second-order valence-corrected chi connectivity index (χ2v) is 3.23. The largest absolute Gasteiger partial charge is 0.324 e. The van der Waals surface area contributed by atoms with Crippen LogP contribution in [0.15, 0.2) is 11.4 Å². The standard InChI is InChI=1S/C6H6F2N2O2S/c7-6(8)5(9)3-1-4(10(11)12)13-2-3/h1-2,5-6H,9H2/t5-/m0/s1. The maximum absolute atomic E-state index is 12.0. The van der Waals surface area contributed by atoms with Crippen LogP contribution in [0.4, 0.5) is 13.8 Å². The number of nitrogens with two attached hydrogens (primary N) is 1. The van der Waals surface area contributed by atoms with Crippen molar-refractivity contribution in [2.45, 2.75) is 12.5 Å². The lowest BCUT2D eigenvalue weighted by molar-refractivity contribution is -0.380. The van der Waals surface area contributed by atoms with E-state index in [0.29, 0.717) is 0 Å². The van der Waals surface area contributed by atoms with Gasteiger partial charge >= 0.3 is 5.00 Å². The van der Waals surface area contributed by atoms with Gasteiger partial charge in [-0.1, -0.05) is 11.3 Å². The highest BCUT2D eigenvalue weighted by molar-refractivity contribution is 7.13. The van der Waals surface area contributed by atoms with Crippen molar-refractivity contribution in [2.75, 3.05) is 0 Å². The topological polar surface area (TPSA) is 69.2 Å². The highest BCUT2D eigenvalue weighted by Gasteiger charge is 2.21. The molecule has 0 aliphatic rings. The van der Waals surface area contributed by atoms with E-state index in [1.54, 1.807) is 0 Å². The molecule has 0 aliphatic carbocycles. The van der Waals surface area contributed by atoms with Gasteiger partial charge < -0.3 is 5.73 Å². The summed E-state index contributed by atoms with van der Waals surface area (Å²) in [5.74, 6) is 0. The fraction of sp³-hybridized carbons (Fsp3) is 0.333. The molecule has 0 fully saturated rings. The highest BCUT2D eigenvalue weighted by Crippen LogP contribution is 2.28. The van der Waals surface area contributed by atoms with Crippen molar-refractivity contribution in [3.63, 3.8) is 0 Å². The Morgan fingerprint density at radius 2 is 2.23 bits per heavy atom. The first-order valence-corrected chi connectivity index (χ1v) is 4.17. The molecule has 0 radical (unpaired) electrons. The van der Waals surface area contributed by atoms with Gasteiger partial charge in [-0.05, 0) is 5.56 Å². The van der Waals surface area contributed by atoms with E-state index in [2.05, 4.69) is 0 Å². The average Bonchev–Trinajstić information content (AvgIpc) is 2.50. The lowest BCUT2D eigenvalue weighted by Gasteiger charge is -2.06. The van der Waals surface area contributed by atoms with E-state index in [1.165, 1.54) is 5.38 Å².